The van der Waals surface area contributed by atoms with E-state index < -0.39 is 11.9 Å². The van der Waals surface area contributed by atoms with E-state index >= 15 is 0 Å². The van der Waals surface area contributed by atoms with Crippen LogP contribution in [0.25, 0.3) is 33.1 Å². The number of fused-ring (bicyclic) bond motifs is 3. The van der Waals surface area contributed by atoms with Crippen LogP contribution in [0.15, 0.2) is 83.5 Å². The van der Waals surface area contributed by atoms with Crippen LogP contribution in [0.2, 0.25) is 0 Å². The second-order valence-corrected chi connectivity index (χ2v) is 7.85. The molecule has 0 bridgehead atoms. The maximum absolute atomic E-state index is 12.4. The smallest absolute Gasteiger partial charge is 0.343 e. The number of benzene rings is 3. The van der Waals surface area contributed by atoms with Gasteiger partial charge in [-0.2, -0.15) is 0 Å². The molecule has 5 aromatic rings. The quantitative estimate of drug-likeness (QED) is 0.358. The van der Waals surface area contributed by atoms with Crippen molar-refractivity contribution in [2.24, 2.45) is 5.73 Å². The Balaban J connectivity index is 1.85. The number of methoxy groups -OCH3 is 1. The lowest BCUT2D eigenvalue weighted by atomic mass is 10.0. The van der Waals surface area contributed by atoms with Crippen LogP contribution in [-0.4, -0.2) is 30.2 Å². The summed E-state index contributed by atoms with van der Waals surface area (Å²) >= 11 is 0. The van der Waals surface area contributed by atoms with Crippen molar-refractivity contribution in [3.8, 4) is 17.1 Å². The Labute approximate surface area is 195 Å². The van der Waals surface area contributed by atoms with Crippen LogP contribution in [-0.2, 0) is 16.1 Å². The van der Waals surface area contributed by atoms with E-state index in [4.69, 9.17) is 19.6 Å². The zero-order valence-electron chi connectivity index (χ0n) is 18.5. The summed E-state index contributed by atoms with van der Waals surface area (Å²) in [5.74, 6) is 0.0226. The molecule has 1 amide bonds. The molecule has 7 heteroatoms. The van der Waals surface area contributed by atoms with Crippen molar-refractivity contribution in [1.82, 2.24) is 4.57 Å². The minimum absolute atomic E-state index is 0.280. The maximum atomic E-state index is 12.4. The highest BCUT2D eigenvalue weighted by atomic mass is 16.6. The van der Waals surface area contributed by atoms with Crippen LogP contribution in [0.5, 0.6) is 5.75 Å². The molecule has 0 spiro atoms. The van der Waals surface area contributed by atoms with Gasteiger partial charge in [-0.3, -0.25) is 4.79 Å². The van der Waals surface area contributed by atoms with Crippen LogP contribution in [0, 0.1) is 0 Å². The molecule has 0 saturated carbocycles. The first-order valence-corrected chi connectivity index (χ1v) is 10.7. The first-order valence-electron chi connectivity index (χ1n) is 10.7. The lowest BCUT2D eigenvalue weighted by molar-refractivity contribution is -0.142. The van der Waals surface area contributed by atoms with E-state index in [1.807, 2.05) is 54.6 Å². The first kappa shape index (κ1) is 21.3. The Hall–Kier alpha value is -4.52. The number of hydrogen-bond donors (Lipinski definition) is 1. The minimum Gasteiger partial charge on any atom is -0.481 e. The molecule has 2 heterocycles. The van der Waals surface area contributed by atoms with Crippen LogP contribution in [0.4, 0.5) is 0 Å². The van der Waals surface area contributed by atoms with E-state index in [0.717, 1.165) is 22.2 Å². The molecule has 0 radical (unpaired) electrons. The number of nitrogens with zero attached hydrogens (tertiary/aromatic N) is 1. The van der Waals surface area contributed by atoms with Crippen LogP contribution in [0.3, 0.4) is 0 Å². The number of furan rings is 1. The largest absolute Gasteiger partial charge is 0.481 e. The second-order valence-electron chi connectivity index (χ2n) is 7.85. The van der Waals surface area contributed by atoms with E-state index in [1.54, 1.807) is 24.5 Å². The Morgan fingerprint density at radius 3 is 2.47 bits per heavy atom. The van der Waals surface area contributed by atoms with Gasteiger partial charge >= 0.3 is 5.97 Å². The average Bonchev–Trinajstić information content (AvgIpc) is 3.50. The fourth-order valence-electron chi connectivity index (χ4n) is 4.26. The summed E-state index contributed by atoms with van der Waals surface area (Å²) in [6, 6.07) is 22.9. The van der Waals surface area contributed by atoms with Crippen LogP contribution < -0.4 is 10.5 Å². The molecule has 170 valence electrons. The van der Waals surface area contributed by atoms with E-state index in [9.17, 15) is 9.59 Å². The SMILES string of the molecule is COC(=O)COc1cc(-c2ccco2)cc2c1c1c(C(N)=O)cccc1n2Cc1ccccc1. The summed E-state index contributed by atoms with van der Waals surface area (Å²) in [6.45, 7) is 0.276. The van der Waals surface area contributed by atoms with Crippen molar-refractivity contribution in [3.63, 3.8) is 0 Å². The van der Waals surface area contributed by atoms with Crippen molar-refractivity contribution in [3.05, 3.63) is 90.2 Å². The van der Waals surface area contributed by atoms with Gasteiger partial charge in [0.1, 0.15) is 11.5 Å². The molecule has 34 heavy (non-hydrogen) atoms. The van der Waals surface area contributed by atoms with Crippen molar-refractivity contribution < 1.29 is 23.5 Å². The number of carbonyl (C=O) groups excluding carboxylic acids is 2. The van der Waals surface area contributed by atoms with Gasteiger partial charge in [-0.15, -0.1) is 0 Å². The number of carbonyl (C=O) groups is 2. The zero-order chi connectivity index (χ0) is 23.7. The lowest BCUT2D eigenvalue weighted by Crippen LogP contribution is -2.13. The lowest BCUT2D eigenvalue weighted by Gasteiger charge is -2.11. The zero-order valence-corrected chi connectivity index (χ0v) is 18.5. The number of aromatic nitrogens is 1. The Morgan fingerprint density at radius 2 is 1.76 bits per heavy atom. The van der Waals surface area contributed by atoms with Crippen molar-refractivity contribution in [2.75, 3.05) is 13.7 Å². The third-order valence-corrected chi connectivity index (χ3v) is 5.78. The fraction of sp³-hybridized carbons (Fsp3) is 0.111. The van der Waals surface area contributed by atoms with Crippen molar-refractivity contribution in [1.29, 1.82) is 0 Å². The highest BCUT2D eigenvalue weighted by molar-refractivity contribution is 6.20. The number of esters is 1. The van der Waals surface area contributed by atoms with Gasteiger partial charge in [-0.1, -0.05) is 36.4 Å². The number of amides is 1. The summed E-state index contributed by atoms with van der Waals surface area (Å²) < 4.78 is 18.4. The van der Waals surface area contributed by atoms with Crippen LogP contribution in [0.1, 0.15) is 15.9 Å². The number of ether oxygens (including phenoxy) is 2. The molecule has 2 aromatic heterocycles. The fourth-order valence-corrected chi connectivity index (χ4v) is 4.26. The molecule has 0 atom stereocenters. The van der Waals surface area contributed by atoms with E-state index in [0.29, 0.717) is 34.4 Å². The Morgan fingerprint density at radius 1 is 0.941 bits per heavy atom. The molecule has 7 nitrogen and oxygen atoms in total. The van der Waals surface area contributed by atoms with Crippen molar-refractivity contribution in [2.45, 2.75) is 6.54 Å². The van der Waals surface area contributed by atoms with Gasteiger partial charge in [-0.25, -0.2) is 4.79 Å². The van der Waals surface area contributed by atoms with E-state index in [2.05, 4.69) is 4.57 Å². The molecule has 0 fully saturated rings. The highest BCUT2D eigenvalue weighted by Gasteiger charge is 2.22. The number of nitrogens with two attached hydrogens (primary N) is 1. The molecule has 0 aliphatic carbocycles. The molecular formula is C27H22N2O5. The molecular weight excluding hydrogens is 432 g/mol. The summed E-state index contributed by atoms with van der Waals surface area (Å²) in [7, 11) is 1.30. The summed E-state index contributed by atoms with van der Waals surface area (Å²) in [6.07, 6.45) is 1.60. The summed E-state index contributed by atoms with van der Waals surface area (Å²) in [5, 5.41) is 1.37. The van der Waals surface area contributed by atoms with E-state index in [-0.39, 0.29) is 6.61 Å². The summed E-state index contributed by atoms with van der Waals surface area (Å²) in [5.41, 5.74) is 9.64. The number of hydrogen-bond acceptors (Lipinski definition) is 5. The summed E-state index contributed by atoms with van der Waals surface area (Å²) in [4.78, 5) is 24.3. The first-order chi connectivity index (χ1) is 16.6. The van der Waals surface area contributed by atoms with Gasteiger partial charge in [0, 0.05) is 23.1 Å². The number of rotatable bonds is 7. The van der Waals surface area contributed by atoms with Crippen molar-refractivity contribution >= 4 is 33.7 Å². The van der Waals surface area contributed by atoms with Gasteiger partial charge in [0.25, 0.3) is 0 Å². The third-order valence-electron chi connectivity index (χ3n) is 5.78. The van der Waals surface area contributed by atoms with Gasteiger partial charge < -0.3 is 24.2 Å². The second kappa shape index (κ2) is 8.78. The minimum atomic E-state index is -0.543. The Kier molecular flexibility index (Phi) is 5.51. The van der Waals surface area contributed by atoms with Crippen LogP contribution >= 0.6 is 0 Å². The molecule has 5 rings (SSSR count). The third kappa shape index (κ3) is 3.77. The predicted octanol–water partition coefficient (Wildman–Crippen LogP) is 4.75. The van der Waals surface area contributed by atoms with E-state index in [1.165, 1.54) is 7.11 Å². The molecule has 2 N–H and O–H groups in total. The number of primary amides is 1. The maximum Gasteiger partial charge on any atom is 0.343 e. The molecule has 3 aromatic carbocycles. The standard InChI is InChI=1S/C27H22N2O5/c1-32-24(30)16-34-23-14-18(22-11-6-12-33-22)13-21-26(23)25-19(27(28)31)9-5-10-20(25)29(21)15-17-7-3-2-4-8-17/h2-14H,15-16H2,1H3,(H2,28,31). The molecule has 0 unspecified atom stereocenters. The van der Waals surface area contributed by atoms with Gasteiger partial charge in [0.2, 0.25) is 5.91 Å². The highest BCUT2D eigenvalue weighted by Crippen LogP contribution is 2.41. The monoisotopic (exact) mass is 454 g/mol. The van der Waals surface area contributed by atoms with Gasteiger partial charge in [0.15, 0.2) is 6.61 Å². The predicted molar refractivity (Wildman–Crippen MR) is 129 cm³/mol. The Bertz CT molecular complexity index is 1500. The van der Waals surface area contributed by atoms with Gasteiger partial charge in [0.05, 0.1) is 29.8 Å². The molecule has 0 aliphatic heterocycles. The molecule has 0 saturated heterocycles. The molecule has 0 aliphatic rings. The van der Waals surface area contributed by atoms with Gasteiger partial charge in [-0.05, 0) is 42.0 Å². The topological polar surface area (TPSA) is 96.7 Å². The average molecular weight is 454 g/mol. The normalized spacial score (nSPS) is 11.1.